The molecular weight excluding hydrogens is 232 g/mol. The molecule has 1 aliphatic carbocycles. The molecule has 3 rings (SSSR count). The molecule has 0 bridgehead atoms. The van der Waals surface area contributed by atoms with E-state index in [9.17, 15) is 9.59 Å². The van der Waals surface area contributed by atoms with E-state index in [2.05, 4.69) is 5.32 Å². The third-order valence-corrected chi connectivity index (χ3v) is 4.83. The number of carbonyl (C=O) groups is 2. The lowest BCUT2D eigenvalue weighted by atomic mass is 9.93. The maximum absolute atomic E-state index is 12.5. The Kier molecular flexibility index (Phi) is 3.01. The van der Waals surface area contributed by atoms with Crippen molar-refractivity contribution in [1.82, 2.24) is 10.2 Å². The highest BCUT2D eigenvalue weighted by atomic mass is 16.4. The van der Waals surface area contributed by atoms with Crippen molar-refractivity contribution in [2.24, 2.45) is 11.8 Å². The molecule has 2 heterocycles. The standard InChI is InChI=1S/C13H20N2O3/c16-12(15-6-2-5-10(15)13(17)18)11-9-4-1-3-8(9)7-14-11/h8-11,14H,1-7H2,(H,17,18)/t8?,9?,10-,11?/m0/s1. The highest BCUT2D eigenvalue weighted by Crippen LogP contribution is 2.38. The summed E-state index contributed by atoms with van der Waals surface area (Å²) in [5.74, 6) is 0.230. The van der Waals surface area contributed by atoms with Gasteiger partial charge in [-0.3, -0.25) is 4.79 Å². The maximum atomic E-state index is 12.5. The molecule has 2 aliphatic heterocycles. The van der Waals surface area contributed by atoms with Gasteiger partial charge in [0.1, 0.15) is 6.04 Å². The quantitative estimate of drug-likeness (QED) is 0.748. The second-order valence-corrected chi connectivity index (χ2v) is 5.77. The molecule has 4 atom stereocenters. The fourth-order valence-electron chi connectivity index (χ4n) is 3.92. The fraction of sp³-hybridized carbons (Fsp3) is 0.846. The summed E-state index contributed by atoms with van der Waals surface area (Å²) < 4.78 is 0. The van der Waals surface area contributed by atoms with E-state index in [-0.39, 0.29) is 11.9 Å². The zero-order chi connectivity index (χ0) is 12.7. The molecular formula is C13H20N2O3. The first-order valence-corrected chi connectivity index (χ1v) is 6.95. The Morgan fingerprint density at radius 2 is 2.00 bits per heavy atom. The van der Waals surface area contributed by atoms with Gasteiger partial charge in [0, 0.05) is 6.54 Å². The van der Waals surface area contributed by atoms with E-state index in [4.69, 9.17) is 5.11 Å². The number of hydrogen-bond donors (Lipinski definition) is 2. The number of carboxylic acid groups (broad SMARTS) is 1. The normalized spacial score (nSPS) is 39.0. The van der Waals surface area contributed by atoms with Crippen LogP contribution in [0.3, 0.4) is 0 Å². The highest BCUT2D eigenvalue weighted by molar-refractivity contribution is 5.88. The van der Waals surface area contributed by atoms with Crippen molar-refractivity contribution in [2.75, 3.05) is 13.1 Å². The number of likely N-dealkylation sites (tertiary alicyclic amines) is 1. The summed E-state index contributed by atoms with van der Waals surface area (Å²) >= 11 is 0. The largest absolute Gasteiger partial charge is 0.480 e. The molecule has 1 amide bonds. The van der Waals surface area contributed by atoms with E-state index in [1.165, 1.54) is 12.8 Å². The summed E-state index contributed by atoms with van der Waals surface area (Å²) in [7, 11) is 0. The van der Waals surface area contributed by atoms with Crippen molar-refractivity contribution in [3.63, 3.8) is 0 Å². The molecule has 2 N–H and O–H groups in total. The smallest absolute Gasteiger partial charge is 0.326 e. The lowest BCUT2D eigenvalue weighted by Crippen LogP contribution is -2.50. The predicted octanol–water partition coefficient (Wildman–Crippen LogP) is 0.450. The van der Waals surface area contributed by atoms with Gasteiger partial charge in [0.25, 0.3) is 0 Å². The third kappa shape index (κ3) is 1.81. The summed E-state index contributed by atoms with van der Waals surface area (Å²) in [4.78, 5) is 25.2. The van der Waals surface area contributed by atoms with Crippen LogP contribution in [-0.4, -0.2) is 47.1 Å². The van der Waals surface area contributed by atoms with Crippen molar-refractivity contribution >= 4 is 11.9 Å². The lowest BCUT2D eigenvalue weighted by Gasteiger charge is -2.27. The number of nitrogens with zero attached hydrogens (tertiary/aromatic N) is 1. The third-order valence-electron chi connectivity index (χ3n) is 4.83. The highest BCUT2D eigenvalue weighted by Gasteiger charge is 2.46. The van der Waals surface area contributed by atoms with Crippen molar-refractivity contribution in [1.29, 1.82) is 0 Å². The van der Waals surface area contributed by atoms with Gasteiger partial charge in [0.2, 0.25) is 5.91 Å². The Labute approximate surface area is 107 Å². The molecule has 18 heavy (non-hydrogen) atoms. The van der Waals surface area contributed by atoms with Gasteiger partial charge in [-0.1, -0.05) is 6.42 Å². The molecule has 2 saturated heterocycles. The summed E-state index contributed by atoms with van der Waals surface area (Å²) in [6.07, 6.45) is 4.94. The van der Waals surface area contributed by atoms with Crippen LogP contribution in [0.4, 0.5) is 0 Å². The van der Waals surface area contributed by atoms with Crippen LogP contribution < -0.4 is 5.32 Å². The molecule has 0 aromatic heterocycles. The second-order valence-electron chi connectivity index (χ2n) is 5.77. The van der Waals surface area contributed by atoms with Crippen LogP contribution in [0.1, 0.15) is 32.1 Å². The van der Waals surface area contributed by atoms with Crippen LogP contribution in [0.5, 0.6) is 0 Å². The molecule has 3 aliphatic rings. The summed E-state index contributed by atoms with van der Waals surface area (Å²) in [5.41, 5.74) is 0. The summed E-state index contributed by atoms with van der Waals surface area (Å²) in [6.45, 7) is 1.53. The van der Waals surface area contributed by atoms with Crippen LogP contribution in [0.15, 0.2) is 0 Å². The van der Waals surface area contributed by atoms with E-state index in [1.54, 1.807) is 4.90 Å². The van der Waals surface area contributed by atoms with Crippen molar-refractivity contribution in [3.8, 4) is 0 Å². The number of fused-ring (bicyclic) bond motifs is 1. The minimum atomic E-state index is -0.859. The molecule has 0 aromatic carbocycles. The van der Waals surface area contributed by atoms with Crippen molar-refractivity contribution in [2.45, 2.75) is 44.2 Å². The van der Waals surface area contributed by atoms with Crippen molar-refractivity contribution < 1.29 is 14.7 Å². The van der Waals surface area contributed by atoms with Crippen LogP contribution in [0, 0.1) is 11.8 Å². The zero-order valence-corrected chi connectivity index (χ0v) is 10.5. The number of amides is 1. The first kappa shape index (κ1) is 12.0. The number of hydrogen-bond acceptors (Lipinski definition) is 3. The van der Waals surface area contributed by atoms with E-state index < -0.39 is 12.0 Å². The summed E-state index contributed by atoms with van der Waals surface area (Å²) in [6, 6.07) is -0.725. The average molecular weight is 252 g/mol. The molecule has 5 heteroatoms. The van der Waals surface area contributed by atoms with Gasteiger partial charge >= 0.3 is 5.97 Å². The van der Waals surface area contributed by atoms with Crippen LogP contribution >= 0.6 is 0 Å². The van der Waals surface area contributed by atoms with Crippen LogP contribution in [0.2, 0.25) is 0 Å². The van der Waals surface area contributed by atoms with Crippen LogP contribution in [-0.2, 0) is 9.59 Å². The Morgan fingerprint density at radius 1 is 1.17 bits per heavy atom. The fourth-order valence-corrected chi connectivity index (χ4v) is 3.92. The van der Waals surface area contributed by atoms with Gasteiger partial charge in [-0.05, 0) is 44.1 Å². The minimum Gasteiger partial charge on any atom is -0.480 e. The molecule has 0 radical (unpaired) electrons. The first-order chi connectivity index (χ1) is 8.68. The monoisotopic (exact) mass is 252 g/mol. The molecule has 5 nitrogen and oxygen atoms in total. The summed E-state index contributed by atoms with van der Waals surface area (Å²) in [5, 5.41) is 12.5. The maximum Gasteiger partial charge on any atom is 0.326 e. The number of carbonyl (C=O) groups excluding carboxylic acids is 1. The van der Waals surface area contributed by atoms with Crippen LogP contribution in [0.25, 0.3) is 0 Å². The minimum absolute atomic E-state index is 0.0225. The van der Waals surface area contributed by atoms with E-state index >= 15 is 0 Å². The first-order valence-electron chi connectivity index (χ1n) is 6.95. The topological polar surface area (TPSA) is 69.6 Å². The molecule has 0 spiro atoms. The molecule has 3 fully saturated rings. The van der Waals surface area contributed by atoms with Gasteiger partial charge in [0.15, 0.2) is 0 Å². The van der Waals surface area contributed by atoms with Gasteiger partial charge in [-0.25, -0.2) is 4.79 Å². The number of aliphatic carboxylic acids is 1. The lowest BCUT2D eigenvalue weighted by molar-refractivity contribution is -0.149. The van der Waals surface area contributed by atoms with Gasteiger partial charge in [-0.15, -0.1) is 0 Å². The molecule has 100 valence electrons. The number of carboxylic acids is 1. The zero-order valence-electron chi connectivity index (χ0n) is 10.5. The Hall–Kier alpha value is -1.10. The van der Waals surface area contributed by atoms with Gasteiger partial charge in [-0.2, -0.15) is 0 Å². The molecule has 3 unspecified atom stereocenters. The van der Waals surface area contributed by atoms with Gasteiger partial charge in [0.05, 0.1) is 6.04 Å². The van der Waals surface area contributed by atoms with E-state index in [0.717, 1.165) is 19.4 Å². The Balaban J connectivity index is 1.72. The molecule has 0 aromatic rings. The van der Waals surface area contributed by atoms with E-state index in [1.807, 2.05) is 0 Å². The average Bonchev–Trinajstić information content (AvgIpc) is 3.03. The second kappa shape index (κ2) is 4.53. The number of nitrogens with one attached hydrogen (secondary N) is 1. The van der Waals surface area contributed by atoms with E-state index in [0.29, 0.717) is 24.8 Å². The Bertz CT molecular complexity index is 371. The number of rotatable bonds is 2. The SMILES string of the molecule is O=C(O)[C@@H]1CCCN1C(=O)C1NCC2CCCC21. The van der Waals surface area contributed by atoms with Crippen molar-refractivity contribution in [3.05, 3.63) is 0 Å². The predicted molar refractivity (Wildman–Crippen MR) is 65.0 cm³/mol. The Morgan fingerprint density at radius 3 is 2.78 bits per heavy atom. The van der Waals surface area contributed by atoms with Gasteiger partial charge < -0.3 is 15.3 Å². The molecule has 1 saturated carbocycles.